The van der Waals surface area contributed by atoms with Crippen LogP contribution in [0.3, 0.4) is 0 Å². The second kappa shape index (κ2) is 4.06. The van der Waals surface area contributed by atoms with Crippen molar-refractivity contribution in [3.05, 3.63) is 28.2 Å². The Balaban J connectivity index is 1.75. The highest BCUT2D eigenvalue weighted by molar-refractivity contribution is 9.10. The molecule has 0 amide bonds. The Labute approximate surface area is 121 Å². The highest BCUT2D eigenvalue weighted by Gasteiger charge is 2.51. The molecule has 4 rings (SSSR count). The predicted molar refractivity (Wildman–Crippen MR) is 75.6 cm³/mol. The van der Waals surface area contributed by atoms with Gasteiger partial charge in [-0.3, -0.25) is 4.79 Å². The highest BCUT2D eigenvalue weighted by Crippen LogP contribution is 2.46. The summed E-state index contributed by atoms with van der Waals surface area (Å²) in [5, 5.41) is 0. The molecule has 3 aliphatic rings. The molecule has 0 saturated carbocycles. The van der Waals surface area contributed by atoms with E-state index in [9.17, 15) is 4.79 Å². The fourth-order valence-electron chi connectivity index (χ4n) is 3.82. The molecule has 3 nitrogen and oxygen atoms in total. The van der Waals surface area contributed by atoms with E-state index in [1.807, 2.05) is 18.2 Å². The second-order valence-corrected chi connectivity index (χ2v) is 6.86. The fraction of sp³-hybridized carbons (Fsp3) is 0.533. The molecule has 0 aromatic heterocycles. The molecule has 2 fully saturated rings. The van der Waals surface area contributed by atoms with Crippen LogP contribution in [0.1, 0.15) is 29.6 Å². The van der Waals surface area contributed by atoms with Crippen molar-refractivity contribution in [2.75, 3.05) is 19.6 Å². The number of piperidine rings is 1. The van der Waals surface area contributed by atoms with E-state index in [-0.39, 0.29) is 11.4 Å². The monoisotopic (exact) mass is 321 g/mol. The molecule has 100 valence electrons. The van der Waals surface area contributed by atoms with Crippen LogP contribution in [-0.2, 0) is 0 Å². The lowest BCUT2D eigenvalue weighted by molar-refractivity contribution is -0.0294. The lowest BCUT2D eigenvalue weighted by Gasteiger charge is -2.45. The van der Waals surface area contributed by atoms with E-state index in [0.29, 0.717) is 12.3 Å². The first-order valence-corrected chi connectivity index (χ1v) is 7.70. The van der Waals surface area contributed by atoms with Gasteiger partial charge in [0.25, 0.3) is 0 Å². The van der Waals surface area contributed by atoms with E-state index >= 15 is 0 Å². The summed E-state index contributed by atoms with van der Waals surface area (Å²) in [5.41, 5.74) is 0.506. The van der Waals surface area contributed by atoms with Crippen LogP contribution in [0.4, 0.5) is 0 Å². The Kier molecular flexibility index (Phi) is 2.55. The Morgan fingerprint density at radius 3 is 3.16 bits per heavy atom. The molecule has 3 unspecified atom stereocenters. The largest absolute Gasteiger partial charge is 0.486 e. The van der Waals surface area contributed by atoms with Gasteiger partial charge in [-0.2, -0.15) is 0 Å². The van der Waals surface area contributed by atoms with E-state index in [2.05, 4.69) is 20.8 Å². The Bertz CT molecular complexity index is 559. The first kappa shape index (κ1) is 11.9. The molecule has 1 spiro atoms. The zero-order valence-electron chi connectivity index (χ0n) is 10.7. The van der Waals surface area contributed by atoms with Crippen LogP contribution in [0.2, 0.25) is 0 Å². The quantitative estimate of drug-likeness (QED) is 0.736. The molecule has 0 N–H and O–H groups in total. The number of fused-ring (bicyclic) bond motifs is 4. The molecule has 3 heterocycles. The normalized spacial score (nSPS) is 36.2. The fourth-order valence-corrected chi connectivity index (χ4v) is 4.16. The molecule has 3 aliphatic heterocycles. The van der Waals surface area contributed by atoms with E-state index in [0.717, 1.165) is 48.3 Å². The molecule has 1 aromatic rings. The first-order valence-electron chi connectivity index (χ1n) is 6.90. The Hall–Kier alpha value is -0.870. The van der Waals surface area contributed by atoms with Crippen LogP contribution in [0.25, 0.3) is 0 Å². The summed E-state index contributed by atoms with van der Waals surface area (Å²) in [5.74, 6) is 1.53. The molecule has 3 atom stereocenters. The minimum Gasteiger partial charge on any atom is -0.486 e. The average molecular weight is 322 g/mol. The smallest absolute Gasteiger partial charge is 0.170 e. The molecule has 2 bridgehead atoms. The van der Waals surface area contributed by atoms with Crippen molar-refractivity contribution in [3.8, 4) is 5.75 Å². The second-order valence-electron chi connectivity index (χ2n) is 5.94. The number of ether oxygens (including phenoxy) is 1. The number of halogens is 1. The van der Waals surface area contributed by atoms with Crippen molar-refractivity contribution < 1.29 is 9.53 Å². The zero-order chi connectivity index (χ0) is 13.0. The molecular formula is C15H16BrNO2. The molecule has 0 aliphatic carbocycles. The number of rotatable bonds is 0. The van der Waals surface area contributed by atoms with Crippen molar-refractivity contribution in [1.82, 2.24) is 4.90 Å². The van der Waals surface area contributed by atoms with Crippen molar-refractivity contribution in [1.29, 1.82) is 0 Å². The molecule has 2 saturated heterocycles. The van der Waals surface area contributed by atoms with E-state index in [1.165, 1.54) is 0 Å². The van der Waals surface area contributed by atoms with Crippen molar-refractivity contribution >= 4 is 21.7 Å². The molecule has 4 heteroatoms. The van der Waals surface area contributed by atoms with E-state index in [4.69, 9.17) is 4.74 Å². The van der Waals surface area contributed by atoms with Gasteiger partial charge in [0.2, 0.25) is 0 Å². The summed E-state index contributed by atoms with van der Waals surface area (Å²) < 4.78 is 7.34. The highest BCUT2D eigenvalue weighted by atomic mass is 79.9. The van der Waals surface area contributed by atoms with Crippen molar-refractivity contribution in [2.45, 2.75) is 24.9 Å². The average Bonchev–Trinajstić information content (AvgIpc) is 2.79. The summed E-state index contributed by atoms with van der Waals surface area (Å²) in [6.45, 7) is 3.32. The van der Waals surface area contributed by atoms with Gasteiger partial charge in [-0.15, -0.1) is 0 Å². The summed E-state index contributed by atoms with van der Waals surface area (Å²) in [6, 6.07) is 5.73. The minimum atomic E-state index is -0.238. The van der Waals surface area contributed by atoms with Gasteiger partial charge in [-0.1, -0.05) is 15.9 Å². The number of carbonyl (C=O) groups is 1. The predicted octanol–water partition coefficient (Wildman–Crippen LogP) is 2.88. The summed E-state index contributed by atoms with van der Waals surface area (Å²) in [4.78, 5) is 14.9. The third-order valence-electron chi connectivity index (χ3n) is 4.88. The number of Topliss-reactive ketones (excluding diaryl/α,β-unsaturated/α-hetero) is 1. The maximum Gasteiger partial charge on any atom is 0.170 e. The minimum absolute atomic E-state index is 0.238. The topological polar surface area (TPSA) is 29.5 Å². The molecule has 1 aromatic carbocycles. The first-order chi connectivity index (χ1) is 9.16. The number of carbonyl (C=O) groups excluding carboxylic acids is 1. The van der Waals surface area contributed by atoms with Crippen molar-refractivity contribution in [2.24, 2.45) is 5.92 Å². The number of ketones is 1. The van der Waals surface area contributed by atoms with Crippen LogP contribution in [0.15, 0.2) is 22.7 Å². The third-order valence-corrected chi connectivity index (χ3v) is 5.38. The number of hydrogen-bond donors (Lipinski definition) is 0. The van der Waals surface area contributed by atoms with Crippen LogP contribution in [0, 0.1) is 5.92 Å². The molecular weight excluding hydrogens is 306 g/mol. The van der Waals surface area contributed by atoms with Gasteiger partial charge in [-0.25, -0.2) is 0 Å². The van der Waals surface area contributed by atoms with Gasteiger partial charge >= 0.3 is 0 Å². The van der Waals surface area contributed by atoms with Crippen molar-refractivity contribution in [3.63, 3.8) is 0 Å². The lowest BCUT2D eigenvalue weighted by Crippen LogP contribution is -2.53. The Morgan fingerprint density at radius 2 is 2.26 bits per heavy atom. The van der Waals surface area contributed by atoms with Gasteiger partial charge < -0.3 is 9.64 Å². The number of hydrogen-bond acceptors (Lipinski definition) is 3. The molecule has 0 radical (unpaired) electrons. The maximum absolute atomic E-state index is 12.4. The lowest BCUT2D eigenvalue weighted by atomic mass is 9.76. The van der Waals surface area contributed by atoms with Gasteiger partial charge in [0.05, 0.1) is 12.0 Å². The van der Waals surface area contributed by atoms with Gasteiger partial charge in [-0.05, 0) is 31.2 Å². The Morgan fingerprint density at radius 1 is 1.37 bits per heavy atom. The summed E-state index contributed by atoms with van der Waals surface area (Å²) in [7, 11) is 0. The summed E-state index contributed by atoms with van der Waals surface area (Å²) in [6.07, 6.45) is 2.70. The SMILES string of the molecule is O=C1CC2(CCN3CCC2C3)Oc2cc(Br)ccc21. The molecule has 19 heavy (non-hydrogen) atoms. The van der Waals surface area contributed by atoms with Gasteiger partial charge in [0.1, 0.15) is 11.4 Å². The zero-order valence-corrected chi connectivity index (χ0v) is 12.3. The van der Waals surface area contributed by atoms with Crippen LogP contribution in [-0.4, -0.2) is 35.9 Å². The third kappa shape index (κ3) is 1.77. The van der Waals surface area contributed by atoms with Gasteiger partial charge in [0, 0.05) is 29.9 Å². The standard InChI is InChI=1S/C15H16BrNO2/c16-11-1-2-12-13(18)8-15(19-14(12)7-11)4-6-17-5-3-10(15)9-17/h1-2,7,10H,3-6,8-9H2. The van der Waals surface area contributed by atoms with Crippen LogP contribution < -0.4 is 4.74 Å². The van der Waals surface area contributed by atoms with Crippen LogP contribution >= 0.6 is 15.9 Å². The van der Waals surface area contributed by atoms with E-state index in [1.54, 1.807) is 0 Å². The maximum atomic E-state index is 12.4. The summed E-state index contributed by atoms with van der Waals surface area (Å²) >= 11 is 3.46. The van der Waals surface area contributed by atoms with Gasteiger partial charge in [0.15, 0.2) is 5.78 Å². The number of nitrogens with zero attached hydrogens (tertiary/aromatic N) is 1. The van der Waals surface area contributed by atoms with E-state index < -0.39 is 0 Å². The van der Waals surface area contributed by atoms with Crippen LogP contribution in [0.5, 0.6) is 5.75 Å². The number of benzene rings is 1.